The third-order valence-corrected chi connectivity index (χ3v) is 3.69. The number of Topliss-reactive ketones (excluding diaryl/α,β-unsaturated/α-hetero) is 1. The summed E-state index contributed by atoms with van der Waals surface area (Å²) in [6.07, 6.45) is 0. The van der Waals surface area contributed by atoms with E-state index in [1.165, 1.54) is 19.1 Å². The predicted octanol–water partition coefficient (Wildman–Crippen LogP) is 2.43. The summed E-state index contributed by atoms with van der Waals surface area (Å²) in [5, 5.41) is 4.32. The van der Waals surface area contributed by atoms with Crippen LogP contribution >= 0.6 is 0 Å². The number of rotatable bonds is 6. The number of hydrogen-bond acceptors (Lipinski definition) is 2. The first-order chi connectivity index (χ1) is 11.4. The highest BCUT2D eigenvalue weighted by molar-refractivity contribution is 6.03. The average molecular weight is 333 g/mol. The second kappa shape index (κ2) is 7.79. The maximum Gasteiger partial charge on any atom is 0.279 e. The van der Waals surface area contributed by atoms with Gasteiger partial charge >= 0.3 is 0 Å². The predicted molar refractivity (Wildman–Crippen MR) is 86.6 cm³/mol. The number of nitrogens with one attached hydrogen (secondary N) is 1. The molecule has 0 radical (unpaired) electrons. The lowest BCUT2D eigenvalue weighted by molar-refractivity contribution is -0.682. The van der Waals surface area contributed by atoms with Gasteiger partial charge in [-0.05, 0) is 38.1 Å². The molecule has 0 saturated carbocycles. The molecule has 6 heteroatoms. The number of nitrogens with two attached hydrogens (primary N) is 1. The monoisotopic (exact) mass is 333 g/mol. The Morgan fingerprint density at radius 1 is 1.17 bits per heavy atom. The third-order valence-electron chi connectivity index (χ3n) is 3.69. The fraction of sp³-hybridized carbons (Fsp3) is 0.222. The van der Waals surface area contributed by atoms with Crippen LogP contribution < -0.4 is 10.6 Å². The van der Waals surface area contributed by atoms with Crippen molar-refractivity contribution in [2.45, 2.75) is 19.9 Å². The highest BCUT2D eigenvalue weighted by atomic mass is 19.1. The molecule has 126 valence electrons. The van der Waals surface area contributed by atoms with Crippen molar-refractivity contribution in [2.75, 3.05) is 11.9 Å². The second-order valence-electron chi connectivity index (χ2n) is 5.54. The quantitative estimate of drug-likeness (QED) is 0.798. The summed E-state index contributed by atoms with van der Waals surface area (Å²) >= 11 is 0. The number of para-hydroxylation sites is 1. The normalized spacial score (nSPS) is 11.8. The van der Waals surface area contributed by atoms with Crippen molar-refractivity contribution in [3.05, 3.63) is 65.2 Å². The standard InChI is InChI=1S/C18H18F2N2O2/c1-11(14-8-7-13(19)9-16(14)20)21-10-18(24)22-17-6-4-3-5-15(17)12(2)23/h3-9,11,21H,10H2,1-2H3,(H,22,24)/p+1/t11-/m0/s1. The van der Waals surface area contributed by atoms with Crippen molar-refractivity contribution < 1.29 is 23.7 Å². The zero-order chi connectivity index (χ0) is 17.7. The number of carbonyl (C=O) groups excluding carboxylic acids is 2. The first kappa shape index (κ1) is 17.7. The van der Waals surface area contributed by atoms with E-state index in [1.807, 2.05) is 0 Å². The Balaban J connectivity index is 1.97. The maximum absolute atomic E-state index is 13.7. The van der Waals surface area contributed by atoms with E-state index in [1.54, 1.807) is 36.5 Å². The van der Waals surface area contributed by atoms with E-state index in [2.05, 4.69) is 5.32 Å². The van der Waals surface area contributed by atoms with E-state index in [4.69, 9.17) is 0 Å². The number of hydrogen-bond donors (Lipinski definition) is 2. The van der Waals surface area contributed by atoms with E-state index < -0.39 is 11.6 Å². The van der Waals surface area contributed by atoms with Gasteiger partial charge in [-0.1, -0.05) is 12.1 Å². The van der Waals surface area contributed by atoms with E-state index in [-0.39, 0.29) is 24.3 Å². The molecule has 1 atom stereocenters. The first-order valence-corrected chi connectivity index (χ1v) is 7.56. The van der Waals surface area contributed by atoms with Gasteiger partial charge in [-0.25, -0.2) is 8.78 Å². The molecule has 24 heavy (non-hydrogen) atoms. The molecule has 2 aromatic carbocycles. The SMILES string of the molecule is CC(=O)c1ccccc1NC(=O)C[NH2+][C@@H](C)c1ccc(F)cc1F. The van der Waals surface area contributed by atoms with Crippen molar-refractivity contribution in [3.63, 3.8) is 0 Å². The number of amides is 1. The Morgan fingerprint density at radius 3 is 2.54 bits per heavy atom. The zero-order valence-corrected chi connectivity index (χ0v) is 13.5. The minimum Gasteiger partial charge on any atom is -0.332 e. The molecule has 0 aliphatic heterocycles. The van der Waals surface area contributed by atoms with Gasteiger partial charge in [0.05, 0.1) is 5.69 Å². The fourth-order valence-corrected chi connectivity index (χ4v) is 2.38. The zero-order valence-electron chi connectivity index (χ0n) is 13.5. The van der Waals surface area contributed by atoms with E-state index in [0.29, 0.717) is 16.8 Å². The van der Waals surface area contributed by atoms with Crippen LogP contribution in [0.1, 0.15) is 35.8 Å². The van der Waals surface area contributed by atoms with Gasteiger partial charge in [0.25, 0.3) is 5.91 Å². The molecule has 0 fully saturated rings. The van der Waals surface area contributed by atoms with Gasteiger partial charge in [0.1, 0.15) is 17.7 Å². The molecule has 0 unspecified atom stereocenters. The minimum atomic E-state index is -0.638. The highest BCUT2D eigenvalue weighted by Gasteiger charge is 2.17. The first-order valence-electron chi connectivity index (χ1n) is 7.56. The number of benzene rings is 2. The Kier molecular flexibility index (Phi) is 5.76. The van der Waals surface area contributed by atoms with Gasteiger partial charge in [-0.15, -0.1) is 0 Å². The molecular weight excluding hydrogens is 314 g/mol. The largest absolute Gasteiger partial charge is 0.332 e. The fourth-order valence-electron chi connectivity index (χ4n) is 2.38. The average Bonchev–Trinajstić information content (AvgIpc) is 2.53. The topological polar surface area (TPSA) is 62.8 Å². The number of quaternary nitrogens is 1. The molecule has 0 aromatic heterocycles. The number of carbonyl (C=O) groups is 2. The van der Waals surface area contributed by atoms with Gasteiger partial charge in [-0.3, -0.25) is 9.59 Å². The van der Waals surface area contributed by atoms with E-state index >= 15 is 0 Å². The molecule has 0 aliphatic carbocycles. The van der Waals surface area contributed by atoms with Crippen molar-refractivity contribution in [1.29, 1.82) is 0 Å². The van der Waals surface area contributed by atoms with Gasteiger partial charge in [0, 0.05) is 17.2 Å². The second-order valence-corrected chi connectivity index (χ2v) is 5.54. The number of halogens is 2. The van der Waals surface area contributed by atoms with Crippen molar-refractivity contribution in [1.82, 2.24) is 0 Å². The number of anilines is 1. The van der Waals surface area contributed by atoms with Crippen LogP contribution in [0, 0.1) is 11.6 Å². The summed E-state index contributed by atoms with van der Waals surface area (Å²) in [5.41, 5.74) is 1.21. The van der Waals surface area contributed by atoms with Crippen LogP contribution in [0.3, 0.4) is 0 Å². The molecule has 1 amide bonds. The molecule has 4 nitrogen and oxygen atoms in total. The molecule has 3 N–H and O–H groups in total. The molecular formula is C18H19F2N2O2+. The van der Waals surface area contributed by atoms with Crippen LogP contribution in [-0.2, 0) is 4.79 Å². The molecule has 0 heterocycles. The molecule has 0 bridgehead atoms. The summed E-state index contributed by atoms with van der Waals surface area (Å²) in [4.78, 5) is 23.6. The Labute approximate surface area is 138 Å². The van der Waals surface area contributed by atoms with Crippen molar-refractivity contribution in [2.24, 2.45) is 0 Å². The molecule has 0 spiro atoms. The van der Waals surface area contributed by atoms with E-state index in [9.17, 15) is 18.4 Å². The van der Waals surface area contributed by atoms with Crippen LogP contribution in [0.4, 0.5) is 14.5 Å². The van der Waals surface area contributed by atoms with Gasteiger partial charge in [0.2, 0.25) is 0 Å². The van der Waals surface area contributed by atoms with Gasteiger partial charge in [-0.2, -0.15) is 0 Å². The maximum atomic E-state index is 13.7. The van der Waals surface area contributed by atoms with Gasteiger partial charge in [0.15, 0.2) is 12.3 Å². The molecule has 0 saturated heterocycles. The summed E-state index contributed by atoms with van der Waals surface area (Å²) in [5.74, 6) is -1.72. The van der Waals surface area contributed by atoms with Crippen LogP contribution in [0.5, 0.6) is 0 Å². The lowest BCUT2D eigenvalue weighted by atomic mass is 10.1. The lowest BCUT2D eigenvalue weighted by Crippen LogP contribution is -2.86. The summed E-state index contributed by atoms with van der Waals surface area (Å²) in [6, 6.07) is 9.76. The van der Waals surface area contributed by atoms with Crippen LogP contribution in [0.2, 0.25) is 0 Å². The summed E-state index contributed by atoms with van der Waals surface area (Å²) in [7, 11) is 0. The van der Waals surface area contributed by atoms with Crippen molar-refractivity contribution >= 4 is 17.4 Å². The van der Waals surface area contributed by atoms with E-state index in [0.717, 1.165) is 6.07 Å². The van der Waals surface area contributed by atoms with Crippen molar-refractivity contribution in [3.8, 4) is 0 Å². The smallest absolute Gasteiger partial charge is 0.279 e. The Morgan fingerprint density at radius 2 is 1.88 bits per heavy atom. The minimum absolute atomic E-state index is 0.0459. The van der Waals surface area contributed by atoms with Crippen LogP contribution in [0.25, 0.3) is 0 Å². The molecule has 2 aromatic rings. The lowest BCUT2D eigenvalue weighted by Gasteiger charge is -2.13. The van der Waals surface area contributed by atoms with Crippen LogP contribution in [-0.4, -0.2) is 18.2 Å². The summed E-state index contributed by atoms with van der Waals surface area (Å²) in [6.45, 7) is 3.20. The highest BCUT2D eigenvalue weighted by Crippen LogP contribution is 2.16. The molecule has 2 rings (SSSR count). The third kappa shape index (κ3) is 4.45. The van der Waals surface area contributed by atoms with Gasteiger partial charge < -0.3 is 10.6 Å². The summed E-state index contributed by atoms with van der Waals surface area (Å²) < 4.78 is 26.6. The van der Waals surface area contributed by atoms with Crippen LogP contribution in [0.15, 0.2) is 42.5 Å². The molecule has 0 aliphatic rings. The number of ketones is 1. The Hall–Kier alpha value is -2.60. The Bertz CT molecular complexity index is 762.